The van der Waals surface area contributed by atoms with Gasteiger partial charge >= 0.3 is 0 Å². The van der Waals surface area contributed by atoms with Crippen LogP contribution in [0.1, 0.15) is 26.7 Å². The Morgan fingerprint density at radius 1 is 1.38 bits per heavy atom. The summed E-state index contributed by atoms with van der Waals surface area (Å²) in [5.41, 5.74) is 5.51. The van der Waals surface area contributed by atoms with E-state index in [1.54, 1.807) is 0 Å². The molecule has 50 valence electrons. The van der Waals surface area contributed by atoms with E-state index in [0.29, 0.717) is 5.16 Å². The van der Waals surface area contributed by atoms with Crippen molar-refractivity contribution in [1.82, 2.24) is 0 Å². The Bertz CT molecular complexity index is 51.3. The molecule has 1 nitrogen and oxygen atoms in total. The van der Waals surface area contributed by atoms with Crippen LogP contribution in [0.4, 0.5) is 0 Å². The molecule has 0 radical (unpaired) electrons. The molecule has 0 aromatic heterocycles. The molecule has 0 aromatic rings. The van der Waals surface area contributed by atoms with Crippen molar-refractivity contribution in [3.63, 3.8) is 0 Å². The molecule has 1 atom stereocenters. The average Bonchev–Trinajstić information content (AvgIpc) is 1.87. The summed E-state index contributed by atoms with van der Waals surface area (Å²) in [6.45, 7) is 5.12. The van der Waals surface area contributed by atoms with Crippen molar-refractivity contribution >= 4 is 9.24 Å². The van der Waals surface area contributed by atoms with E-state index in [1.165, 1.54) is 0 Å². The summed E-state index contributed by atoms with van der Waals surface area (Å²) >= 11 is 0. The first-order valence-corrected chi connectivity index (χ1v) is 3.75. The third kappa shape index (κ3) is 2.11. The third-order valence-electron chi connectivity index (χ3n) is 1.81. The van der Waals surface area contributed by atoms with Crippen molar-refractivity contribution in [1.29, 1.82) is 0 Å². The smallest absolute Gasteiger partial charge is 0.00138 e. The van der Waals surface area contributed by atoms with Crippen LogP contribution in [0.15, 0.2) is 0 Å². The highest BCUT2D eigenvalue weighted by Crippen LogP contribution is 2.24. The minimum atomic E-state index is 0.319. The number of hydrogen-bond donors (Lipinski definition) is 1. The van der Waals surface area contributed by atoms with E-state index in [9.17, 15) is 0 Å². The van der Waals surface area contributed by atoms with Gasteiger partial charge in [0.1, 0.15) is 0 Å². The predicted octanol–water partition coefficient (Wildman–Crippen LogP) is 1.38. The van der Waals surface area contributed by atoms with Crippen LogP contribution in [-0.4, -0.2) is 11.7 Å². The molecule has 0 saturated carbocycles. The van der Waals surface area contributed by atoms with Crippen molar-refractivity contribution in [2.24, 2.45) is 5.73 Å². The highest BCUT2D eigenvalue weighted by atomic mass is 31.0. The molecule has 1 unspecified atom stereocenters. The molecule has 0 heterocycles. The molecule has 0 rings (SSSR count). The second-order valence-corrected chi connectivity index (χ2v) is 3.50. The minimum absolute atomic E-state index is 0.319. The van der Waals surface area contributed by atoms with E-state index in [0.717, 1.165) is 19.4 Å². The van der Waals surface area contributed by atoms with Crippen molar-refractivity contribution in [3.8, 4) is 0 Å². The Morgan fingerprint density at radius 3 is 1.75 bits per heavy atom. The van der Waals surface area contributed by atoms with Gasteiger partial charge in [-0.2, -0.15) is 0 Å². The van der Waals surface area contributed by atoms with Gasteiger partial charge in [0.15, 0.2) is 0 Å². The maximum Gasteiger partial charge on any atom is 0.00138 e. The zero-order valence-corrected chi connectivity index (χ0v) is 6.93. The first kappa shape index (κ1) is 8.39. The highest BCUT2D eigenvalue weighted by molar-refractivity contribution is 7.19. The van der Waals surface area contributed by atoms with Crippen molar-refractivity contribution in [2.45, 2.75) is 31.8 Å². The van der Waals surface area contributed by atoms with Gasteiger partial charge in [-0.1, -0.05) is 13.8 Å². The molecule has 8 heavy (non-hydrogen) atoms. The Balaban J connectivity index is 3.58. The van der Waals surface area contributed by atoms with Gasteiger partial charge in [-0.25, -0.2) is 0 Å². The van der Waals surface area contributed by atoms with Gasteiger partial charge in [0, 0.05) is 6.54 Å². The molecule has 0 fully saturated rings. The average molecular weight is 133 g/mol. The molecular weight excluding hydrogens is 117 g/mol. The fourth-order valence-electron chi connectivity index (χ4n) is 0.539. The Kier molecular flexibility index (Phi) is 3.59. The summed E-state index contributed by atoms with van der Waals surface area (Å²) in [4.78, 5) is 0. The SMILES string of the molecule is CCC(P)(CC)CN. The van der Waals surface area contributed by atoms with Crippen LogP contribution in [-0.2, 0) is 0 Å². The Labute approximate surface area is 54.2 Å². The van der Waals surface area contributed by atoms with E-state index < -0.39 is 0 Å². The van der Waals surface area contributed by atoms with Crippen molar-refractivity contribution in [2.75, 3.05) is 6.54 Å². The molecule has 0 aromatic carbocycles. The lowest BCUT2D eigenvalue weighted by Crippen LogP contribution is -2.29. The van der Waals surface area contributed by atoms with Crippen molar-refractivity contribution in [3.05, 3.63) is 0 Å². The second kappa shape index (κ2) is 3.42. The van der Waals surface area contributed by atoms with Crippen LogP contribution in [0.3, 0.4) is 0 Å². The molecular formula is C6H16NP. The fraction of sp³-hybridized carbons (Fsp3) is 1.00. The summed E-state index contributed by atoms with van der Waals surface area (Å²) in [5.74, 6) is 0. The first-order valence-electron chi connectivity index (χ1n) is 3.17. The number of hydrogen-bond acceptors (Lipinski definition) is 1. The zero-order chi connectivity index (χ0) is 6.62. The summed E-state index contributed by atoms with van der Waals surface area (Å²) in [5, 5.41) is 0.319. The molecule has 0 spiro atoms. The van der Waals surface area contributed by atoms with E-state index in [-0.39, 0.29) is 0 Å². The Morgan fingerprint density at radius 2 is 1.75 bits per heavy atom. The summed E-state index contributed by atoms with van der Waals surface area (Å²) < 4.78 is 0. The van der Waals surface area contributed by atoms with Crippen LogP contribution in [0.25, 0.3) is 0 Å². The molecule has 0 saturated heterocycles. The topological polar surface area (TPSA) is 26.0 Å². The van der Waals surface area contributed by atoms with Crippen LogP contribution in [0, 0.1) is 0 Å². The lowest BCUT2D eigenvalue weighted by molar-refractivity contribution is 0.558. The fourth-order valence-corrected chi connectivity index (χ4v) is 0.539. The standard InChI is InChI=1S/C6H16NP/c1-3-6(8,4-2)5-7/h3-5,7-8H2,1-2H3. The lowest BCUT2D eigenvalue weighted by atomic mass is 10.0. The monoisotopic (exact) mass is 133 g/mol. The van der Waals surface area contributed by atoms with Crippen LogP contribution in [0.5, 0.6) is 0 Å². The predicted molar refractivity (Wildman–Crippen MR) is 42.1 cm³/mol. The minimum Gasteiger partial charge on any atom is -0.330 e. The normalized spacial score (nSPS) is 12.0. The molecule has 0 aliphatic rings. The number of nitrogens with two attached hydrogens (primary N) is 1. The second-order valence-electron chi connectivity index (χ2n) is 2.27. The van der Waals surface area contributed by atoms with Crippen LogP contribution in [0.2, 0.25) is 0 Å². The van der Waals surface area contributed by atoms with Gasteiger partial charge < -0.3 is 5.73 Å². The van der Waals surface area contributed by atoms with Gasteiger partial charge in [-0.15, -0.1) is 9.24 Å². The van der Waals surface area contributed by atoms with E-state index >= 15 is 0 Å². The van der Waals surface area contributed by atoms with Gasteiger partial charge in [0.05, 0.1) is 0 Å². The summed E-state index contributed by atoms with van der Waals surface area (Å²) in [6, 6.07) is 0. The molecule has 0 bridgehead atoms. The Hall–Kier alpha value is 0.390. The summed E-state index contributed by atoms with van der Waals surface area (Å²) in [6.07, 6.45) is 2.31. The molecule has 2 N–H and O–H groups in total. The molecule has 0 amide bonds. The van der Waals surface area contributed by atoms with Crippen molar-refractivity contribution < 1.29 is 0 Å². The first-order chi connectivity index (χ1) is 3.68. The summed E-state index contributed by atoms with van der Waals surface area (Å²) in [7, 11) is 2.82. The molecule has 2 heteroatoms. The van der Waals surface area contributed by atoms with Gasteiger partial charge in [-0.05, 0) is 18.0 Å². The lowest BCUT2D eigenvalue weighted by Gasteiger charge is -2.23. The van der Waals surface area contributed by atoms with E-state index in [4.69, 9.17) is 5.73 Å². The maximum atomic E-state index is 5.51. The molecule has 0 aliphatic heterocycles. The molecule has 0 aliphatic carbocycles. The zero-order valence-electron chi connectivity index (χ0n) is 5.78. The maximum absolute atomic E-state index is 5.51. The van der Waals surface area contributed by atoms with Gasteiger partial charge in [0.25, 0.3) is 0 Å². The highest BCUT2D eigenvalue weighted by Gasteiger charge is 2.16. The largest absolute Gasteiger partial charge is 0.330 e. The van der Waals surface area contributed by atoms with E-state index in [1.807, 2.05) is 0 Å². The van der Waals surface area contributed by atoms with Gasteiger partial charge in [0.2, 0.25) is 0 Å². The van der Waals surface area contributed by atoms with Gasteiger partial charge in [-0.3, -0.25) is 0 Å². The van der Waals surface area contributed by atoms with Crippen LogP contribution >= 0.6 is 9.24 Å². The number of rotatable bonds is 3. The quantitative estimate of drug-likeness (QED) is 0.578. The third-order valence-corrected chi connectivity index (χ3v) is 2.87. The van der Waals surface area contributed by atoms with Crippen LogP contribution < -0.4 is 5.73 Å². The van der Waals surface area contributed by atoms with E-state index in [2.05, 4.69) is 23.1 Å².